The van der Waals surface area contributed by atoms with Crippen molar-refractivity contribution in [3.05, 3.63) is 29.8 Å². The summed E-state index contributed by atoms with van der Waals surface area (Å²) in [6, 6.07) is 7.58. The SMILES string of the molecule is COc1ccc(C(C)N2CC(C(N)=O)CCCCC2=O)cc1. The molecule has 2 N–H and O–H groups in total. The van der Waals surface area contributed by atoms with Gasteiger partial charge in [-0.15, -0.1) is 0 Å². The van der Waals surface area contributed by atoms with Crippen LogP contribution in [0.3, 0.4) is 0 Å². The van der Waals surface area contributed by atoms with Crippen LogP contribution in [0.2, 0.25) is 0 Å². The van der Waals surface area contributed by atoms with Crippen molar-refractivity contribution in [2.45, 2.75) is 38.6 Å². The van der Waals surface area contributed by atoms with Crippen LogP contribution in [0, 0.1) is 5.92 Å². The number of nitrogens with zero attached hydrogens (tertiary/aromatic N) is 1. The molecule has 0 bridgehead atoms. The van der Waals surface area contributed by atoms with Crippen molar-refractivity contribution >= 4 is 11.8 Å². The molecule has 5 nitrogen and oxygen atoms in total. The van der Waals surface area contributed by atoms with Crippen molar-refractivity contribution in [2.75, 3.05) is 13.7 Å². The first-order valence-corrected chi connectivity index (χ1v) is 7.75. The van der Waals surface area contributed by atoms with E-state index in [-0.39, 0.29) is 23.8 Å². The van der Waals surface area contributed by atoms with E-state index in [1.165, 1.54) is 0 Å². The second-order valence-corrected chi connectivity index (χ2v) is 5.84. The van der Waals surface area contributed by atoms with E-state index >= 15 is 0 Å². The summed E-state index contributed by atoms with van der Waals surface area (Å²) in [6.07, 6.45) is 2.99. The summed E-state index contributed by atoms with van der Waals surface area (Å²) < 4.78 is 5.16. The zero-order valence-electron chi connectivity index (χ0n) is 13.2. The van der Waals surface area contributed by atoms with Gasteiger partial charge in [-0.05, 0) is 37.5 Å². The molecule has 1 aliphatic heterocycles. The van der Waals surface area contributed by atoms with Crippen LogP contribution >= 0.6 is 0 Å². The van der Waals surface area contributed by atoms with E-state index in [0.717, 1.165) is 30.6 Å². The molecule has 1 fully saturated rings. The molecule has 1 aromatic rings. The minimum atomic E-state index is -0.318. The lowest BCUT2D eigenvalue weighted by Crippen LogP contribution is -2.42. The molecule has 0 aliphatic carbocycles. The van der Waals surface area contributed by atoms with Gasteiger partial charge in [0.1, 0.15) is 5.75 Å². The largest absolute Gasteiger partial charge is 0.497 e. The van der Waals surface area contributed by atoms with Gasteiger partial charge >= 0.3 is 0 Å². The highest BCUT2D eigenvalue weighted by atomic mass is 16.5. The van der Waals surface area contributed by atoms with Crippen molar-refractivity contribution in [3.63, 3.8) is 0 Å². The number of carbonyl (C=O) groups excluding carboxylic acids is 2. The Morgan fingerprint density at radius 1 is 1.32 bits per heavy atom. The summed E-state index contributed by atoms with van der Waals surface area (Å²) in [5.74, 6) is 0.297. The number of amides is 2. The number of likely N-dealkylation sites (tertiary alicyclic amines) is 1. The number of primary amides is 1. The molecule has 0 aromatic heterocycles. The number of nitrogens with two attached hydrogens (primary N) is 1. The van der Waals surface area contributed by atoms with Gasteiger partial charge in [-0.25, -0.2) is 0 Å². The van der Waals surface area contributed by atoms with Gasteiger partial charge in [0.15, 0.2) is 0 Å². The third kappa shape index (κ3) is 3.78. The maximum absolute atomic E-state index is 12.4. The Kier molecular flexibility index (Phi) is 5.41. The van der Waals surface area contributed by atoms with Gasteiger partial charge in [0.25, 0.3) is 0 Å². The Balaban J connectivity index is 2.19. The van der Waals surface area contributed by atoms with Gasteiger partial charge in [-0.3, -0.25) is 9.59 Å². The molecular formula is C17H24N2O3. The molecule has 1 saturated heterocycles. The van der Waals surface area contributed by atoms with Gasteiger partial charge in [-0.2, -0.15) is 0 Å². The first-order chi connectivity index (χ1) is 10.5. The van der Waals surface area contributed by atoms with E-state index < -0.39 is 0 Å². The summed E-state index contributed by atoms with van der Waals surface area (Å²) in [6.45, 7) is 2.39. The number of rotatable bonds is 4. The molecule has 1 aromatic carbocycles. The number of hydrogen-bond acceptors (Lipinski definition) is 3. The minimum absolute atomic E-state index is 0.0849. The van der Waals surface area contributed by atoms with Gasteiger partial charge in [0.05, 0.1) is 19.1 Å². The molecule has 2 unspecified atom stereocenters. The second-order valence-electron chi connectivity index (χ2n) is 5.84. The predicted octanol–water partition coefficient (Wildman–Crippen LogP) is 2.26. The first-order valence-electron chi connectivity index (χ1n) is 7.75. The standard InChI is InChI=1S/C17H24N2O3/c1-12(13-7-9-15(22-2)10-8-13)19-11-14(17(18)21)5-3-4-6-16(19)20/h7-10,12,14H,3-6,11H2,1-2H3,(H2,18,21). The van der Waals surface area contributed by atoms with E-state index in [1.807, 2.05) is 31.2 Å². The van der Waals surface area contributed by atoms with Crippen LogP contribution in [-0.4, -0.2) is 30.4 Å². The third-order valence-corrected chi connectivity index (χ3v) is 4.40. The molecule has 0 saturated carbocycles. The van der Waals surface area contributed by atoms with Crippen molar-refractivity contribution in [3.8, 4) is 5.75 Å². The second kappa shape index (κ2) is 7.29. The number of hydrogen-bond donors (Lipinski definition) is 1. The fourth-order valence-electron chi connectivity index (χ4n) is 2.91. The Morgan fingerprint density at radius 3 is 2.59 bits per heavy atom. The minimum Gasteiger partial charge on any atom is -0.497 e. The first kappa shape index (κ1) is 16.3. The molecule has 2 rings (SSSR count). The van der Waals surface area contributed by atoms with E-state index in [1.54, 1.807) is 12.0 Å². The molecule has 2 amide bonds. The molecular weight excluding hydrogens is 280 g/mol. The molecule has 2 atom stereocenters. The normalized spacial score (nSPS) is 20.9. The molecule has 120 valence electrons. The van der Waals surface area contributed by atoms with Crippen LogP contribution in [0.1, 0.15) is 44.2 Å². The van der Waals surface area contributed by atoms with Crippen LogP contribution in [0.5, 0.6) is 5.75 Å². The van der Waals surface area contributed by atoms with Crippen molar-refractivity contribution in [2.24, 2.45) is 11.7 Å². The Morgan fingerprint density at radius 2 is 2.00 bits per heavy atom. The molecule has 5 heteroatoms. The summed E-state index contributed by atoms with van der Waals surface area (Å²) in [4.78, 5) is 25.8. The van der Waals surface area contributed by atoms with Crippen molar-refractivity contribution < 1.29 is 14.3 Å². The number of methoxy groups -OCH3 is 1. The monoisotopic (exact) mass is 304 g/mol. The molecule has 0 spiro atoms. The fourth-order valence-corrected chi connectivity index (χ4v) is 2.91. The Hall–Kier alpha value is -2.04. The summed E-state index contributed by atoms with van der Waals surface area (Å²) in [7, 11) is 1.62. The predicted molar refractivity (Wildman–Crippen MR) is 84.3 cm³/mol. The maximum Gasteiger partial charge on any atom is 0.223 e. The topological polar surface area (TPSA) is 72.6 Å². The maximum atomic E-state index is 12.4. The number of ether oxygens (including phenoxy) is 1. The zero-order chi connectivity index (χ0) is 16.1. The van der Waals surface area contributed by atoms with E-state index in [9.17, 15) is 9.59 Å². The lowest BCUT2D eigenvalue weighted by atomic mass is 9.95. The highest BCUT2D eigenvalue weighted by Crippen LogP contribution is 2.27. The molecule has 22 heavy (non-hydrogen) atoms. The average Bonchev–Trinajstić information content (AvgIpc) is 2.51. The van der Waals surface area contributed by atoms with Gasteiger partial charge in [0.2, 0.25) is 11.8 Å². The highest BCUT2D eigenvalue weighted by molar-refractivity contribution is 5.80. The van der Waals surface area contributed by atoms with Crippen LogP contribution in [0.4, 0.5) is 0 Å². The van der Waals surface area contributed by atoms with E-state index in [2.05, 4.69) is 0 Å². The Bertz CT molecular complexity index is 527. The van der Waals surface area contributed by atoms with E-state index in [0.29, 0.717) is 13.0 Å². The number of carbonyl (C=O) groups is 2. The molecule has 1 aliphatic rings. The molecule has 1 heterocycles. The van der Waals surface area contributed by atoms with E-state index in [4.69, 9.17) is 10.5 Å². The summed E-state index contributed by atoms with van der Waals surface area (Å²) in [5, 5.41) is 0. The van der Waals surface area contributed by atoms with Gasteiger partial charge in [-0.1, -0.05) is 18.6 Å². The zero-order valence-corrected chi connectivity index (χ0v) is 13.2. The quantitative estimate of drug-likeness (QED) is 0.927. The lowest BCUT2D eigenvalue weighted by Gasteiger charge is -2.34. The highest BCUT2D eigenvalue weighted by Gasteiger charge is 2.28. The van der Waals surface area contributed by atoms with Crippen LogP contribution < -0.4 is 10.5 Å². The van der Waals surface area contributed by atoms with Crippen molar-refractivity contribution in [1.29, 1.82) is 0 Å². The lowest BCUT2D eigenvalue weighted by molar-refractivity contribution is -0.136. The van der Waals surface area contributed by atoms with Crippen LogP contribution in [-0.2, 0) is 9.59 Å². The van der Waals surface area contributed by atoms with Gasteiger partial charge < -0.3 is 15.4 Å². The Labute approximate surface area is 131 Å². The fraction of sp³-hybridized carbons (Fsp3) is 0.529. The smallest absolute Gasteiger partial charge is 0.223 e. The van der Waals surface area contributed by atoms with Crippen molar-refractivity contribution in [1.82, 2.24) is 4.90 Å². The number of benzene rings is 1. The molecule has 0 radical (unpaired) electrons. The third-order valence-electron chi connectivity index (χ3n) is 4.40. The summed E-state index contributed by atoms with van der Waals surface area (Å²) >= 11 is 0. The average molecular weight is 304 g/mol. The van der Waals surface area contributed by atoms with Gasteiger partial charge in [0, 0.05) is 13.0 Å². The van der Waals surface area contributed by atoms with Crippen LogP contribution in [0.15, 0.2) is 24.3 Å². The van der Waals surface area contributed by atoms with Crippen LogP contribution in [0.25, 0.3) is 0 Å². The summed E-state index contributed by atoms with van der Waals surface area (Å²) in [5.41, 5.74) is 6.50.